The van der Waals surface area contributed by atoms with Gasteiger partial charge in [-0.15, -0.1) is 0 Å². The van der Waals surface area contributed by atoms with Gasteiger partial charge in [0.1, 0.15) is 0 Å². The Hall–Kier alpha value is -2.06. The van der Waals surface area contributed by atoms with Crippen molar-refractivity contribution < 1.29 is 4.84 Å². The van der Waals surface area contributed by atoms with Crippen molar-refractivity contribution in [2.75, 3.05) is 0 Å². The van der Waals surface area contributed by atoms with Gasteiger partial charge < -0.3 is 0 Å². The third-order valence-corrected chi connectivity index (χ3v) is 2.40. The fraction of sp³-hybridized carbons (Fsp3) is 0.0667. The lowest BCUT2D eigenvalue weighted by Crippen LogP contribution is -2.12. The molecule has 0 spiro atoms. The molecular weight excluding hydrogens is 210 g/mol. The predicted molar refractivity (Wildman–Crippen MR) is 69.8 cm³/mol. The van der Waals surface area contributed by atoms with Gasteiger partial charge in [-0.3, -0.25) is 10.3 Å². The highest BCUT2D eigenvalue weighted by Crippen LogP contribution is 2.08. The standard InChI is InChI=1S/C15H15NO/c1-13(15-10-6-3-7-11-15)16-17-12-14-8-4-2-5-9-14/h2-11,16H,1,12H2. The van der Waals surface area contributed by atoms with Crippen LogP contribution in [-0.2, 0) is 11.4 Å². The predicted octanol–water partition coefficient (Wildman–Crippen LogP) is 3.38. The smallest absolute Gasteiger partial charge is 0.0996 e. The van der Waals surface area contributed by atoms with Crippen molar-refractivity contribution in [2.45, 2.75) is 6.61 Å². The van der Waals surface area contributed by atoms with E-state index in [0.717, 1.165) is 16.8 Å². The quantitative estimate of drug-likeness (QED) is 0.788. The molecule has 0 aromatic heterocycles. The molecule has 0 radical (unpaired) electrons. The fourth-order valence-electron chi connectivity index (χ4n) is 1.48. The van der Waals surface area contributed by atoms with Crippen molar-refractivity contribution in [3.05, 3.63) is 78.4 Å². The molecule has 0 saturated heterocycles. The van der Waals surface area contributed by atoms with Crippen LogP contribution >= 0.6 is 0 Å². The van der Waals surface area contributed by atoms with Crippen molar-refractivity contribution in [1.82, 2.24) is 5.48 Å². The zero-order valence-electron chi connectivity index (χ0n) is 9.60. The first kappa shape index (κ1) is 11.4. The van der Waals surface area contributed by atoms with Crippen LogP contribution in [0.2, 0.25) is 0 Å². The summed E-state index contributed by atoms with van der Waals surface area (Å²) in [6.45, 7) is 4.44. The number of hydrogen-bond acceptors (Lipinski definition) is 2. The highest BCUT2D eigenvalue weighted by molar-refractivity contribution is 5.60. The molecule has 2 nitrogen and oxygen atoms in total. The van der Waals surface area contributed by atoms with E-state index in [1.165, 1.54) is 0 Å². The first-order chi connectivity index (χ1) is 8.36. The van der Waals surface area contributed by atoms with Gasteiger partial charge >= 0.3 is 0 Å². The topological polar surface area (TPSA) is 21.3 Å². The molecule has 0 aliphatic rings. The monoisotopic (exact) mass is 225 g/mol. The van der Waals surface area contributed by atoms with Gasteiger partial charge in [0.15, 0.2) is 0 Å². The Morgan fingerprint density at radius 1 is 0.941 bits per heavy atom. The highest BCUT2D eigenvalue weighted by atomic mass is 16.6. The molecule has 0 amide bonds. The summed E-state index contributed by atoms with van der Waals surface area (Å²) < 4.78 is 0. The van der Waals surface area contributed by atoms with Crippen LogP contribution in [0.5, 0.6) is 0 Å². The van der Waals surface area contributed by atoms with Gasteiger partial charge in [-0.2, -0.15) is 0 Å². The molecule has 1 N–H and O–H groups in total. The van der Waals surface area contributed by atoms with E-state index >= 15 is 0 Å². The van der Waals surface area contributed by atoms with Crippen LogP contribution in [0.1, 0.15) is 11.1 Å². The van der Waals surface area contributed by atoms with Gasteiger partial charge in [0.25, 0.3) is 0 Å². The largest absolute Gasteiger partial charge is 0.271 e. The second kappa shape index (κ2) is 5.87. The van der Waals surface area contributed by atoms with Crippen LogP contribution in [0.25, 0.3) is 5.70 Å². The Morgan fingerprint density at radius 2 is 1.53 bits per heavy atom. The molecule has 86 valence electrons. The summed E-state index contributed by atoms with van der Waals surface area (Å²) in [5.74, 6) is 0. The number of benzene rings is 2. The second-order valence-electron chi connectivity index (χ2n) is 3.72. The summed E-state index contributed by atoms with van der Waals surface area (Å²) in [5, 5.41) is 0. The summed E-state index contributed by atoms with van der Waals surface area (Å²) in [5.41, 5.74) is 5.77. The molecule has 2 aromatic carbocycles. The number of hydroxylamine groups is 1. The molecule has 0 saturated carbocycles. The normalized spacial score (nSPS) is 9.88. The zero-order chi connectivity index (χ0) is 11.9. The van der Waals surface area contributed by atoms with Gasteiger partial charge in [-0.1, -0.05) is 67.2 Å². The van der Waals surface area contributed by atoms with E-state index in [1.54, 1.807) is 0 Å². The lowest BCUT2D eigenvalue weighted by molar-refractivity contribution is 0.0648. The van der Waals surface area contributed by atoms with Crippen molar-refractivity contribution in [2.24, 2.45) is 0 Å². The van der Waals surface area contributed by atoms with E-state index in [-0.39, 0.29) is 0 Å². The third kappa shape index (κ3) is 3.47. The molecule has 0 aliphatic heterocycles. The van der Waals surface area contributed by atoms with E-state index in [4.69, 9.17) is 4.84 Å². The molecule has 0 bridgehead atoms. The second-order valence-corrected chi connectivity index (χ2v) is 3.72. The Bertz CT molecular complexity index is 465. The van der Waals surface area contributed by atoms with Crippen molar-refractivity contribution in [3.8, 4) is 0 Å². The van der Waals surface area contributed by atoms with E-state index in [9.17, 15) is 0 Å². The maximum Gasteiger partial charge on any atom is 0.0996 e. The van der Waals surface area contributed by atoms with Gasteiger partial charge in [-0.05, 0) is 11.1 Å². The fourth-order valence-corrected chi connectivity index (χ4v) is 1.48. The summed E-state index contributed by atoms with van der Waals surface area (Å²) in [4.78, 5) is 5.39. The van der Waals surface area contributed by atoms with E-state index in [1.807, 2.05) is 60.7 Å². The maximum atomic E-state index is 5.39. The highest BCUT2D eigenvalue weighted by Gasteiger charge is 1.97. The summed E-state index contributed by atoms with van der Waals surface area (Å²) >= 11 is 0. The first-order valence-corrected chi connectivity index (χ1v) is 5.52. The summed E-state index contributed by atoms with van der Waals surface area (Å²) in [7, 11) is 0. The molecule has 0 unspecified atom stereocenters. The molecule has 2 heteroatoms. The van der Waals surface area contributed by atoms with Gasteiger partial charge in [-0.25, -0.2) is 0 Å². The van der Waals surface area contributed by atoms with Crippen LogP contribution in [0, 0.1) is 0 Å². The molecule has 0 fully saturated rings. The Morgan fingerprint density at radius 3 is 2.18 bits per heavy atom. The van der Waals surface area contributed by atoms with Crippen LogP contribution < -0.4 is 5.48 Å². The number of rotatable bonds is 5. The van der Waals surface area contributed by atoms with Crippen LogP contribution in [-0.4, -0.2) is 0 Å². The molecule has 17 heavy (non-hydrogen) atoms. The minimum atomic E-state index is 0.521. The maximum absolute atomic E-state index is 5.39. The van der Waals surface area contributed by atoms with Gasteiger partial charge in [0.05, 0.1) is 12.3 Å². The molecule has 0 heterocycles. The van der Waals surface area contributed by atoms with Crippen LogP contribution in [0.15, 0.2) is 67.2 Å². The van der Waals surface area contributed by atoms with Crippen molar-refractivity contribution >= 4 is 5.70 Å². The number of hydrogen-bond donors (Lipinski definition) is 1. The van der Waals surface area contributed by atoms with Gasteiger partial charge in [0.2, 0.25) is 0 Å². The van der Waals surface area contributed by atoms with Crippen LogP contribution in [0.4, 0.5) is 0 Å². The lowest BCUT2D eigenvalue weighted by atomic mass is 10.2. The third-order valence-electron chi connectivity index (χ3n) is 2.40. The molecule has 2 aromatic rings. The molecule has 2 rings (SSSR count). The van der Waals surface area contributed by atoms with Crippen molar-refractivity contribution in [1.29, 1.82) is 0 Å². The SMILES string of the molecule is C=C(NOCc1ccccc1)c1ccccc1. The van der Waals surface area contributed by atoms with Gasteiger partial charge in [0, 0.05) is 0 Å². The zero-order valence-corrected chi connectivity index (χ0v) is 9.60. The van der Waals surface area contributed by atoms with E-state index in [0.29, 0.717) is 6.61 Å². The lowest BCUT2D eigenvalue weighted by Gasteiger charge is -2.09. The average molecular weight is 225 g/mol. The Kier molecular flexibility index (Phi) is 3.95. The van der Waals surface area contributed by atoms with Crippen molar-refractivity contribution in [3.63, 3.8) is 0 Å². The van der Waals surface area contributed by atoms with E-state index in [2.05, 4.69) is 12.1 Å². The Balaban J connectivity index is 1.82. The minimum Gasteiger partial charge on any atom is -0.271 e. The molecule has 0 aliphatic carbocycles. The summed E-state index contributed by atoms with van der Waals surface area (Å²) in [6, 6.07) is 19.9. The van der Waals surface area contributed by atoms with E-state index < -0.39 is 0 Å². The Labute approximate surface area is 102 Å². The average Bonchev–Trinajstić information content (AvgIpc) is 2.41. The number of nitrogens with one attached hydrogen (secondary N) is 1. The minimum absolute atomic E-state index is 0.521. The molecular formula is C15H15NO. The summed E-state index contributed by atoms with van der Waals surface area (Å²) in [6.07, 6.45) is 0. The first-order valence-electron chi connectivity index (χ1n) is 5.52. The van der Waals surface area contributed by atoms with Crippen LogP contribution in [0.3, 0.4) is 0 Å². The molecule has 0 atom stereocenters.